The van der Waals surface area contributed by atoms with Crippen LogP contribution in [0, 0.1) is 0 Å². The number of oxazole rings is 1. The molecule has 21 heavy (non-hydrogen) atoms. The lowest BCUT2D eigenvalue weighted by Crippen LogP contribution is -2.46. The number of nitrogens with zero attached hydrogens (tertiary/aromatic N) is 4. The maximum absolute atomic E-state index is 10.8. The van der Waals surface area contributed by atoms with Gasteiger partial charge < -0.3 is 9.52 Å². The summed E-state index contributed by atoms with van der Waals surface area (Å²) in [6.07, 6.45) is 7.49. The Kier molecular flexibility index (Phi) is 3.04. The van der Waals surface area contributed by atoms with E-state index >= 15 is 0 Å². The minimum atomic E-state index is -0.933. The first kappa shape index (κ1) is 13.0. The minimum absolute atomic E-state index is 0.528. The number of hydrogen-bond donors (Lipinski definition) is 2. The molecule has 1 aliphatic heterocycles. The Morgan fingerprint density at radius 3 is 3.10 bits per heavy atom. The molecule has 2 aromatic heterocycles. The largest absolute Gasteiger partial charge is 0.444 e. The van der Waals surface area contributed by atoms with E-state index in [-0.39, 0.29) is 0 Å². The van der Waals surface area contributed by atoms with Gasteiger partial charge in [-0.25, -0.2) is 4.98 Å². The molecule has 7 heteroatoms. The van der Waals surface area contributed by atoms with E-state index in [4.69, 9.17) is 4.42 Å². The van der Waals surface area contributed by atoms with Crippen LogP contribution in [0.5, 0.6) is 0 Å². The summed E-state index contributed by atoms with van der Waals surface area (Å²) in [6.45, 7) is 2.09. The molecule has 2 aromatic rings. The average molecular weight is 289 g/mol. The summed E-state index contributed by atoms with van der Waals surface area (Å²) in [5.74, 6) is 2.33. The molecular weight excluding hydrogens is 270 g/mol. The summed E-state index contributed by atoms with van der Waals surface area (Å²) < 4.78 is 5.80. The monoisotopic (exact) mass is 289 g/mol. The van der Waals surface area contributed by atoms with E-state index < -0.39 is 5.60 Å². The van der Waals surface area contributed by atoms with Crippen LogP contribution in [0.15, 0.2) is 16.8 Å². The van der Waals surface area contributed by atoms with Crippen LogP contribution in [0.3, 0.4) is 0 Å². The van der Waals surface area contributed by atoms with Crippen molar-refractivity contribution in [2.24, 2.45) is 0 Å². The topological polar surface area (TPSA) is 91.1 Å². The Morgan fingerprint density at radius 1 is 1.43 bits per heavy atom. The second-order valence-electron chi connectivity index (χ2n) is 6.13. The maximum Gasteiger partial charge on any atom is 0.208 e. The summed E-state index contributed by atoms with van der Waals surface area (Å²) in [6, 6.07) is 0. The molecule has 1 saturated heterocycles. The van der Waals surface area contributed by atoms with Crippen LogP contribution >= 0.6 is 0 Å². The normalized spacial score (nSPS) is 27.1. The molecule has 0 amide bonds. The molecule has 0 bridgehead atoms. The fraction of sp³-hybridized carbons (Fsp3) is 0.643. The number of aromatic nitrogens is 4. The Bertz CT molecular complexity index is 607. The van der Waals surface area contributed by atoms with Crippen LogP contribution in [-0.4, -0.2) is 43.5 Å². The standard InChI is InChI=1S/C14H19N5O2/c20-14(12-7-16-18-17-12)4-1-5-19(9-14)8-13-15-6-11(21-13)10-2-3-10/h6-7,10,20H,1-5,8-9H2,(H,16,17,18). The molecule has 1 atom stereocenters. The van der Waals surface area contributed by atoms with Gasteiger partial charge in [0.1, 0.15) is 17.1 Å². The van der Waals surface area contributed by atoms with Gasteiger partial charge in [0.25, 0.3) is 0 Å². The van der Waals surface area contributed by atoms with Gasteiger partial charge in [-0.05, 0) is 32.2 Å². The van der Waals surface area contributed by atoms with Gasteiger partial charge in [0.2, 0.25) is 5.89 Å². The molecule has 1 aliphatic carbocycles. The summed E-state index contributed by atoms with van der Waals surface area (Å²) in [7, 11) is 0. The van der Waals surface area contributed by atoms with Crippen LogP contribution in [0.4, 0.5) is 0 Å². The maximum atomic E-state index is 10.8. The zero-order chi connectivity index (χ0) is 14.3. The third-order valence-electron chi connectivity index (χ3n) is 4.35. The fourth-order valence-corrected chi connectivity index (χ4v) is 3.04. The summed E-state index contributed by atoms with van der Waals surface area (Å²) in [4.78, 5) is 6.53. The van der Waals surface area contributed by atoms with Crippen molar-refractivity contribution in [2.45, 2.75) is 43.7 Å². The number of aromatic amines is 1. The van der Waals surface area contributed by atoms with Gasteiger partial charge >= 0.3 is 0 Å². The number of H-pyrrole nitrogens is 1. The predicted octanol–water partition coefficient (Wildman–Crippen LogP) is 1.15. The van der Waals surface area contributed by atoms with Gasteiger partial charge in [-0.1, -0.05) is 0 Å². The van der Waals surface area contributed by atoms with Crippen molar-refractivity contribution in [3.63, 3.8) is 0 Å². The Morgan fingerprint density at radius 2 is 2.33 bits per heavy atom. The number of rotatable bonds is 4. The van der Waals surface area contributed by atoms with E-state index in [1.165, 1.54) is 12.8 Å². The van der Waals surface area contributed by atoms with E-state index in [1.807, 2.05) is 6.20 Å². The third kappa shape index (κ3) is 2.58. The zero-order valence-electron chi connectivity index (χ0n) is 11.8. The molecule has 4 rings (SSSR count). The van der Waals surface area contributed by atoms with Crippen LogP contribution < -0.4 is 0 Å². The van der Waals surface area contributed by atoms with Crippen molar-refractivity contribution in [3.8, 4) is 0 Å². The molecule has 3 heterocycles. The van der Waals surface area contributed by atoms with Gasteiger partial charge in [-0.15, -0.1) is 0 Å². The highest BCUT2D eigenvalue weighted by molar-refractivity contribution is 5.10. The van der Waals surface area contributed by atoms with Gasteiger partial charge in [0.15, 0.2) is 0 Å². The van der Waals surface area contributed by atoms with Crippen molar-refractivity contribution in [1.82, 2.24) is 25.3 Å². The first-order valence-electron chi connectivity index (χ1n) is 7.48. The molecule has 0 radical (unpaired) electrons. The second kappa shape index (κ2) is 4.92. The zero-order valence-corrected chi connectivity index (χ0v) is 11.8. The molecular formula is C14H19N5O2. The average Bonchev–Trinajstić information content (AvgIpc) is 2.99. The van der Waals surface area contributed by atoms with Crippen molar-refractivity contribution in [1.29, 1.82) is 0 Å². The number of piperidine rings is 1. The molecule has 1 saturated carbocycles. The fourth-order valence-electron chi connectivity index (χ4n) is 3.04. The van der Waals surface area contributed by atoms with E-state index in [2.05, 4.69) is 25.3 Å². The minimum Gasteiger partial charge on any atom is -0.444 e. The molecule has 0 spiro atoms. The lowest BCUT2D eigenvalue weighted by molar-refractivity contribution is -0.0433. The van der Waals surface area contributed by atoms with Crippen molar-refractivity contribution in [2.75, 3.05) is 13.1 Å². The third-order valence-corrected chi connectivity index (χ3v) is 4.35. The second-order valence-corrected chi connectivity index (χ2v) is 6.13. The van der Waals surface area contributed by atoms with E-state index in [1.54, 1.807) is 6.20 Å². The lowest BCUT2D eigenvalue weighted by atomic mass is 9.90. The highest BCUT2D eigenvalue weighted by atomic mass is 16.4. The first-order chi connectivity index (χ1) is 10.2. The predicted molar refractivity (Wildman–Crippen MR) is 73.3 cm³/mol. The smallest absolute Gasteiger partial charge is 0.208 e. The summed E-state index contributed by atoms with van der Waals surface area (Å²) in [5.41, 5.74) is -0.324. The first-order valence-corrected chi connectivity index (χ1v) is 7.48. The summed E-state index contributed by atoms with van der Waals surface area (Å²) in [5, 5.41) is 21.2. The van der Waals surface area contributed by atoms with Gasteiger partial charge in [-0.3, -0.25) is 4.90 Å². The Hall–Kier alpha value is -1.73. The molecule has 2 fully saturated rings. The van der Waals surface area contributed by atoms with Crippen LogP contribution in [0.25, 0.3) is 0 Å². The molecule has 7 nitrogen and oxygen atoms in total. The number of aliphatic hydroxyl groups is 1. The SMILES string of the molecule is OC1(c2cn[nH]n2)CCCN(Cc2ncc(C3CC3)o2)C1. The van der Waals surface area contributed by atoms with Crippen molar-refractivity contribution in [3.05, 3.63) is 29.7 Å². The Labute approximate surface area is 122 Å². The molecule has 2 N–H and O–H groups in total. The molecule has 2 aliphatic rings. The van der Waals surface area contributed by atoms with Crippen LogP contribution in [0.1, 0.15) is 48.9 Å². The van der Waals surface area contributed by atoms with E-state index in [0.717, 1.165) is 24.6 Å². The van der Waals surface area contributed by atoms with Crippen molar-refractivity contribution >= 4 is 0 Å². The van der Waals surface area contributed by atoms with E-state index in [9.17, 15) is 5.11 Å². The molecule has 112 valence electrons. The molecule has 1 unspecified atom stereocenters. The molecule has 0 aromatic carbocycles. The highest BCUT2D eigenvalue weighted by Crippen LogP contribution is 2.40. The number of β-amino-alcohol motifs (C(OH)–C–C–N with tert-alkyl or cyclic N) is 1. The quantitative estimate of drug-likeness (QED) is 0.877. The van der Waals surface area contributed by atoms with E-state index in [0.29, 0.717) is 31.1 Å². The highest BCUT2D eigenvalue weighted by Gasteiger charge is 2.37. The number of nitrogens with one attached hydrogen (secondary N) is 1. The summed E-state index contributed by atoms with van der Waals surface area (Å²) >= 11 is 0. The van der Waals surface area contributed by atoms with Crippen molar-refractivity contribution < 1.29 is 9.52 Å². The van der Waals surface area contributed by atoms with Crippen LogP contribution in [0.2, 0.25) is 0 Å². The van der Waals surface area contributed by atoms with Crippen LogP contribution in [-0.2, 0) is 12.1 Å². The van der Waals surface area contributed by atoms with Gasteiger partial charge in [0, 0.05) is 12.5 Å². The Balaban J connectivity index is 1.45. The van der Waals surface area contributed by atoms with Gasteiger partial charge in [-0.2, -0.15) is 15.4 Å². The lowest BCUT2D eigenvalue weighted by Gasteiger charge is -2.37. The number of likely N-dealkylation sites (tertiary alicyclic amines) is 1. The number of hydrogen-bond acceptors (Lipinski definition) is 6. The van der Waals surface area contributed by atoms with Gasteiger partial charge in [0.05, 0.1) is 18.9 Å².